The van der Waals surface area contributed by atoms with Gasteiger partial charge in [-0.25, -0.2) is 8.78 Å². The van der Waals surface area contributed by atoms with E-state index in [1.807, 2.05) is 0 Å². The van der Waals surface area contributed by atoms with Crippen molar-refractivity contribution in [3.05, 3.63) is 0 Å². The van der Waals surface area contributed by atoms with Crippen molar-refractivity contribution < 1.29 is 8.78 Å². The largest absolute Gasteiger partial charge is 0.330 e. The average molecular weight is 186 g/mol. The molecule has 0 aliphatic heterocycles. The van der Waals surface area contributed by atoms with Crippen LogP contribution in [0, 0.1) is 5.92 Å². The molecule has 68 valence electrons. The highest BCUT2D eigenvalue weighted by molar-refractivity contribution is 5.85. The third-order valence-corrected chi connectivity index (χ3v) is 2.08. The van der Waals surface area contributed by atoms with E-state index in [0.717, 1.165) is 6.42 Å². The van der Waals surface area contributed by atoms with Crippen molar-refractivity contribution in [2.45, 2.75) is 31.6 Å². The van der Waals surface area contributed by atoms with E-state index < -0.39 is 5.92 Å². The van der Waals surface area contributed by atoms with Gasteiger partial charge in [0, 0.05) is 12.8 Å². The number of rotatable bonds is 2. The monoisotopic (exact) mass is 185 g/mol. The van der Waals surface area contributed by atoms with Crippen molar-refractivity contribution in [1.82, 2.24) is 0 Å². The van der Waals surface area contributed by atoms with Gasteiger partial charge in [-0.15, -0.1) is 12.4 Å². The van der Waals surface area contributed by atoms with E-state index in [-0.39, 0.29) is 31.2 Å². The maximum Gasteiger partial charge on any atom is 0.248 e. The Labute approximate surface area is 71.7 Å². The molecule has 4 heteroatoms. The molecule has 1 aliphatic rings. The van der Waals surface area contributed by atoms with Crippen LogP contribution in [-0.2, 0) is 0 Å². The number of nitrogens with two attached hydrogens (primary N) is 1. The summed E-state index contributed by atoms with van der Waals surface area (Å²) in [4.78, 5) is 0. The topological polar surface area (TPSA) is 26.0 Å². The lowest BCUT2D eigenvalue weighted by molar-refractivity contribution is 0.00483. The summed E-state index contributed by atoms with van der Waals surface area (Å²) >= 11 is 0. The summed E-state index contributed by atoms with van der Waals surface area (Å²) in [5.74, 6) is -2.21. The first kappa shape index (κ1) is 11.1. The van der Waals surface area contributed by atoms with Gasteiger partial charge in [0.2, 0.25) is 5.92 Å². The van der Waals surface area contributed by atoms with Gasteiger partial charge in [-0.05, 0) is 25.3 Å². The van der Waals surface area contributed by atoms with Crippen molar-refractivity contribution in [3.63, 3.8) is 0 Å². The summed E-state index contributed by atoms with van der Waals surface area (Å²) < 4.78 is 25.0. The predicted molar refractivity (Wildman–Crippen MR) is 43.2 cm³/mol. The molecule has 2 N–H and O–H groups in total. The molecule has 0 saturated heterocycles. The normalized spacial score (nSPS) is 28.1. The van der Waals surface area contributed by atoms with Crippen molar-refractivity contribution in [1.29, 1.82) is 0 Å². The van der Waals surface area contributed by atoms with E-state index in [1.165, 1.54) is 0 Å². The zero-order valence-electron chi connectivity index (χ0n) is 6.35. The zero-order chi connectivity index (χ0) is 7.61. The highest BCUT2D eigenvalue weighted by Gasteiger charge is 2.38. The number of alkyl halides is 2. The summed E-state index contributed by atoms with van der Waals surface area (Å²) in [6.45, 7) is 0.542. The van der Waals surface area contributed by atoms with Crippen LogP contribution in [0.3, 0.4) is 0 Å². The zero-order valence-corrected chi connectivity index (χ0v) is 7.17. The van der Waals surface area contributed by atoms with E-state index >= 15 is 0 Å². The molecule has 0 aromatic carbocycles. The van der Waals surface area contributed by atoms with Crippen molar-refractivity contribution in [3.8, 4) is 0 Å². The third kappa shape index (κ3) is 3.34. The molecule has 1 unspecified atom stereocenters. The van der Waals surface area contributed by atoms with Gasteiger partial charge in [0.1, 0.15) is 0 Å². The fourth-order valence-corrected chi connectivity index (χ4v) is 1.52. The molecule has 0 aromatic heterocycles. The Morgan fingerprint density at radius 1 is 1.45 bits per heavy atom. The molecule has 1 atom stereocenters. The standard InChI is InChI=1S/C7H13F2N.ClH/c8-7(9)3-1-6(5-7)2-4-10;/h6H,1-5,10H2;1H. The lowest BCUT2D eigenvalue weighted by Gasteiger charge is -2.08. The van der Waals surface area contributed by atoms with Crippen LogP contribution in [0.1, 0.15) is 25.7 Å². The van der Waals surface area contributed by atoms with Gasteiger partial charge in [-0.2, -0.15) is 0 Å². The smallest absolute Gasteiger partial charge is 0.248 e. The second kappa shape index (κ2) is 4.21. The van der Waals surface area contributed by atoms with Gasteiger partial charge in [0.15, 0.2) is 0 Å². The first-order valence-electron chi connectivity index (χ1n) is 3.72. The fraction of sp³-hybridized carbons (Fsp3) is 1.00. The highest BCUT2D eigenvalue weighted by atomic mass is 35.5. The van der Waals surface area contributed by atoms with E-state index in [0.29, 0.717) is 13.0 Å². The molecule has 0 heterocycles. The van der Waals surface area contributed by atoms with Gasteiger partial charge >= 0.3 is 0 Å². The first-order valence-corrected chi connectivity index (χ1v) is 3.72. The lowest BCUT2D eigenvalue weighted by Crippen LogP contribution is -2.11. The van der Waals surface area contributed by atoms with Gasteiger partial charge in [-0.1, -0.05) is 0 Å². The first-order chi connectivity index (χ1) is 4.64. The maximum absolute atomic E-state index is 12.5. The Kier molecular flexibility index (Phi) is 4.26. The molecule has 1 fully saturated rings. The number of halogens is 3. The molecular formula is C7H14ClF2N. The Hall–Kier alpha value is 0.110. The van der Waals surface area contributed by atoms with Crippen molar-refractivity contribution in [2.75, 3.05) is 6.54 Å². The van der Waals surface area contributed by atoms with Crippen LogP contribution in [0.15, 0.2) is 0 Å². The van der Waals surface area contributed by atoms with E-state index in [4.69, 9.17) is 5.73 Å². The molecule has 1 nitrogen and oxygen atoms in total. The number of hydrogen-bond acceptors (Lipinski definition) is 1. The SMILES string of the molecule is Cl.NCCC1CCC(F)(F)C1. The molecule has 0 aromatic rings. The molecule has 1 rings (SSSR count). The summed E-state index contributed by atoms with van der Waals surface area (Å²) in [5.41, 5.74) is 5.25. The molecular weight excluding hydrogens is 172 g/mol. The Balaban J connectivity index is 0.000001000. The van der Waals surface area contributed by atoms with Crippen LogP contribution in [0.4, 0.5) is 8.78 Å². The Morgan fingerprint density at radius 3 is 2.45 bits per heavy atom. The van der Waals surface area contributed by atoms with E-state index in [2.05, 4.69) is 0 Å². The lowest BCUT2D eigenvalue weighted by atomic mass is 10.0. The summed E-state index contributed by atoms with van der Waals surface area (Å²) in [7, 11) is 0. The van der Waals surface area contributed by atoms with Crippen LogP contribution >= 0.6 is 12.4 Å². The minimum Gasteiger partial charge on any atom is -0.330 e. The van der Waals surface area contributed by atoms with Gasteiger partial charge in [-0.3, -0.25) is 0 Å². The Bertz CT molecular complexity index is 119. The van der Waals surface area contributed by atoms with Crippen LogP contribution in [0.25, 0.3) is 0 Å². The van der Waals surface area contributed by atoms with E-state index in [1.54, 1.807) is 0 Å². The predicted octanol–water partition coefficient (Wildman–Crippen LogP) is 2.19. The van der Waals surface area contributed by atoms with Crippen molar-refractivity contribution >= 4 is 12.4 Å². The second-order valence-electron chi connectivity index (χ2n) is 3.04. The fourth-order valence-electron chi connectivity index (χ4n) is 1.52. The van der Waals surface area contributed by atoms with Crippen LogP contribution in [-0.4, -0.2) is 12.5 Å². The highest BCUT2D eigenvalue weighted by Crippen LogP contribution is 2.39. The van der Waals surface area contributed by atoms with Crippen LogP contribution in [0.2, 0.25) is 0 Å². The van der Waals surface area contributed by atoms with Crippen LogP contribution < -0.4 is 5.73 Å². The van der Waals surface area contributed by atoms with Gasteiger partial charge in [0.25, 0.3) is 0 Å². The molecule has 11 heavy (non-hydrogen) atoms. The second-order valence-corrected chi connectivity index (χ2v) is 3.04. The Morgan fingerprint density at radius 2 is 2.09 bits per heavy atom. The quantitative estimate of drug-likeness (QED) is 0.702. The molecule has 0 radical (unpaired) electrons. The van der Waals surface area contributed by atoms with Crippen LogP contribution in [0.5, 0.6) is 0 Å². The number of hydrogen-bond donors (Lipinski definition) is 1. The maximum atomic E-state index is 12.5. The van der Waals surface area contributed by atoms with Gasteiger partial charge in [0.05, 0.1) is 0 Å². The third-order valence-electron chi connectivity index (χ3n) is 2.08. The van der Waals surface area contributed by atoms with Crippen molar-refractivity contribution in [2.24, 2.45) is 11.7 Å². The van der Waals surface area contributed by atoms with Gasteiger partial charge < -0.3 is 5.73 Å². The molecule has 0 spiro atoms. The van der Waals surface area contributed by atoms with E-state index in [9.17, 15) is 8.78 Å². The summed E-state index contributed by atoms with van der Waals surface area (Å²) in [6, 6.07) is 0. The summed E-state index contributed by atoms with van der Waals surface area (Å²) in [6.07, 6.45) is 1.54. The summed E-state index contributed by atoms with van der Waals surface area (Å²) in [5, 5.41) is 0. The molecule has 0 amide bonds. The average Bonchev–Trinajstić information content (AvgIpc) is 2.12. The molecule has 1 saturated carbocycles. The molecule has 1 aliphatic carbocycles. The minimum atomic E-state index is -2.39. The minimum absolute atomic E-state index is 0. The molecule has 0 bridgehead atoms.